The summed E-state index contributed by atoms with van der Waals surface area (Å²) in [4.78, 5) is 25.4. The number of carbonyl (C=O) groups excluding carboxylic acids is 2. The highest BCUT2D eigenvalue weighted by Crippen LogP contribution is 2.72. The molecule has 0 amide bonds. The number of aliphatic hydroxyl groups is 1. The van der Waals surface area contributed by atoms with E-state index in [1.54, 1.807) is 0 Å². The summed E-state index contributed by atoms with van der Waals surface area (Å²) in [6.45, 7) is 6.72. The third-order valence-electron chi connectivity index (χ3n) is 8.17. The highest BCUT2D eigenvalue weighted by molar-refractivity contribution is 5.84. The smallest absolute Gasteiger partial charge is 0.310 e. The monoisotopic (exact) mass is 350 g/mol. The zero-order chi connectivity index (χ0) is 17.9. The number of aliphatic hydroxyl groups excluding tert-OH is 1. The molecule has 10 unspecified atom stereocenters. The first-order valence-corrected chi connectivity index (χ1v) is 9.95. The van der Waals surface area contributed by atoms with Crippen LogP contribution in [0.2, 0.25) is 0 Å². The number of ether oxygens (including phenoxy) is 2. The molecule has 5 heteroatoms. The van der Waals surface area contributed by atoms with Crippen LogP contribution in [0.1, 0.15) is 33.6 Å². The Kier molecular flexibility index (Phi) is 4.33. The second-order valence-corrected chi connectivity index (χ2v) is 8.69. The zero-order valence-electron chi connectivity index (χ0n) is 15.4. The van der Waals surface area contributed by atoms with Gasteiger partial charge in [0.05, 0.1) is 25.0 Å². The summed E-state index contributed by atoms with van der Waals surface area (Å²) in [6, 6.07) is 0. The molecule has 5 nitrogen and oxygen atoms in total. The summed E-state index contributed by atoms with van der Waals surface area (Å²) in [6.07, 6.45) is 2.22. The van der Waals surface area contributed by atoms with Crippen molar-refractivity contribution in [2.75, 3.05) is 19.8 Å². The number of hydrogen-bond acceptors (Lipinski definition) is 5. The standard InChI is InChI=1S/C20H30O5/c1-4-24-19(22)17-13-8-14(18(17)20(23)25-6-5-21)16-12-7-11(15(13)16)9(2)10(12)3/h9-18,21H,4-8H2,1-3H3. The summed E-state index contributed by atoms with van der Waals surface area (Å²) < 4.78 is 10.6. The molecule has 4 aliphatic carbocycles. The van der Waals surface area contributed by atoms with Gasteiger partial charge < -0.3 is 14.6 Å². The molecule has 1 N–H and O–H groups in total. The van der Waals surface area contributed by atoms with Crippen molar-refractivity contribution in [2.45, 2.75) is 33.6 Å². The third-order valence-corrected chi connectivity index (χ3v) is 8.17. The van der Waals surface area contributed by atoms with Crippen molar-refractivity contribution in [3.05, 3.63) is 0 Å². The van der Waals surface area contributed by atoms with E-state index in [4.69, 9.17) is 14.6 Å². The Bertz CT molecular complexity index is 560. The molecule has 0 saturated heterocycles. The Morgan fingerprint density at radius 2 is 1.36 bits per heavy atom. The van der Waals surface area contributed by atoms with Gasteiger partial charge >= 0.3 is 11.9 Å². The first kappa shape index (κ1) is 17.3. The van der Waals surface area contributed by atoms with Crippen LogP contribution in [0.25, 0.3) is 0 Å². The van der Waals surface area contributed by atoms with Gasteiger partial charge in [-0.25, -0.2) is 0 Å². The van der Waals surface area contributed by atoms with Crippen LogP contribution < -0.4 is 0 Å². The summed E-state index contributed by atoms with van der Waals surface area (Å²) in [5.74, 6) is 3.24. The van der Waals surface area contributed by atoms with Crippen LogP contribution in [0.4, 0.5) is 0 Å². The van der Waals surface area contributed by atoms with E-state index in [2.05, 4.69) is 13.8 Å². The van der Waals surface area contributed by atoms with Gasteiger partial charge in [0.2, 0.25) is 0 Å². The predicted octanol–water partition coefficient (Wildman–Crippen LogP) is 2.12. The van der Waals surface area contributed by atoms with E-state index in [1.165, 1.54) is 6.42 Å². The number of fused-ring (bicyclic) bond motifs is 9. The van der Waals surface area contributed by atoms with Crippen molar-refractivity contribution in [1.82, 2.24) is 0 Å². The minimum atomic E-state index is -0.376. The molecule has 4 bridgehead atoms. The molecular formula is C20H30O5. The SMILES string of the molecule is CCOC(=O)C1C2CC(C1C(=O)OCCO)C1C3CC(C(C)C3C)C21. The van der Waals surface area contributed by atoms with Gasteiger partial charge in [-0.05, 0) is 67.1 Å². The van der Waals surface area contributed by atoms with Crippen LogP contribution in [-0.2, 0) is 19.1 Å². The molecule has 0 aromatic rings. The maximum absolute atomic E-state index is 12.7. The maximum atomic E-state index is 12.7. The Hall–Kier alpha value is -1.10. The van der Waals surface area contributed by atoms with Crippen molar-refractivity contribution in [3.63, 3.8) is 0 Å². The van der Waals surface area contributed by atoms with E-state index in [1.807, 2.05) is 6.92 Å². The van der Waals surface area contributed by atoms with Crippen LogP contribution in [-0.4, -0.2) is 36.9 Å². The van der Waals surface area contributed by atoms with Crippen molar-refractivity contribution in [1.29, 1.82) is 0 Å². The fourth-order valence-corrected chi connectivity index (χ4v) is 7.37. The molecule has 140 valence electrons. The van der Waals surface area contributed by atoms with Crippen molar-refractivity contribution >= 4 is 11.9 Å². The normalized spacial score (nSPS) is 49.3. The number of carbonyl (C=O) groups is 2. The third kappa shape index (κ3) is 2.30. The second kappa shape index (κ2) is 6.26. The van der Waals surface area contributed by atoms with E-state index in [9.17, 15) is 9.59 Å². The van der Waals surface area contributed by atoms with Crippen LogP contribution >= 0.6 is 0 Å². The Balaban J connectivity index is 1.63. The van der Waals surface area contributed by atoms with Gasteiger partial charge in [0.15, 0.2) is 0 Å². The van der Waals surface area contributed by atoms with Gasteiger partial charge in [-0.15, -0.1) is 0 Å². The molecular weight excluding hydrogens is 320 g/mol. The molecule has 4 aliphatic rings. The molecule has 10 atom stereocenters. The topological polar surface area (TPSA) is 72.8 Å². The lowest BCUT2D eigenvalue weighted by Gasteiger charge is -2.45. The van der Waals surface area contributed by atoms with E-state index >= 15 is 0 Å². The van der Waals surface area contributed by atoms with E-state index in [0.717, 1.165) is 6.42 Å². The fourth-order valence-electron chi connectivity index (χ4n) is 7.37. The Labute approximate surface area is 149 Å². The highest BCUT2D eigenvalue weighted by Gasteiger charge is 2.71. The minimum Gasteiger partial charge on any atom is -0.466 e. The van der Waals surface area contributed by atoms with E-state index in [0.29, 0.717) is 42.1 Å². The van der Waals surface area contributed by atoms with Gasteiger partial charge in [-0.3, -0.25) is 9.59 Å². The zero-order valence-corrected chi connectivity index (χ0v) is 15.4. The lowest BCUT2D eigenvalue weighted by molar-refractivity contribution is -0.168. The van der Waals surface area contributed by atoms with Gasteiger partial charge in [0.1, 0.15) is 6.61 Å². The maximum Gasteiger partial charge on any atom is 0.310 e. The lowest BCUT2D eigenvalue weighted by Crippen LogP contribution is -2.47. The summed E-state index contributed by atoms with van der Waals surface area (Å²) in [7, 11) is 0. The van der Waals surface area contributed by atoms with Crippen LogP contribution in [0, 0.1) is 59.2 Å². The average molecular weight is 350 g/mol. The quantitative estimate of drug-likeness (QED) is 0.607. The van der Waals surface area contributed by atoms with Crippen molar-refractivity contribution in [3.8, 4) is 0 Å². The molecule has 4 fully saturated rings. The molecule has 0 radical (unpaired) electrons. The molecule has 0 spiro atoms. The highest BCUT2D eigenvalue weighted by atomic mass is 16.5. The molecule has 0 aromatic carbocycles. The first-order chi connectivity index (χ1) is 12.0. The number of hydrogen-bond donors (Lipinski definition) is 1. The van der Waals surface area contributed by atoms with Crippen molar-refractivity contribution in [2.24, 2.45) is 59.2 Å². The molecule has 4 rings (SSSR count). The van der Waals surface area contributed by atoms with Gasteiger partial charge in [0, 0.05) is 0 Å². The molecule has 0 aromatic heterocycles. The van der Waals surface area contributed by atoms with Gasteiger partial charge in [-0.2, -0.15) is 0 Å². The lowest BCUT2D eigenvalue weighted by atomic mass is 9.59. The van der Waals surface area contributed by atoms with Crippen LogP contribution in [0.3, 0.4) is 0 Å². The molecule has 25 heavy (non-hydrogen) atoms. The number of esters is 2. The minimum absolute atomic E-state index is 0.00977. The van der Waals surface area contributed by atoms with E-state index < -0.39 is 0 Å². The molecule has 4 saturated carbocycles. The second-order valence-electron chi connectivity index (χ2n) is 8.69. The van der Waals surface area contributed by atoms with Gasteiger partial charge in [-0.1, -0.05) is 13.8 Å². The Morgan fingerprint density at radius 1 is 0.880 bits per heavy atom. The van der Waals surface area contributed by atoms with E-state index in [-0.39, 0.29) is 48.8 Å². The molecule has 0 heterocycles. The van der Waals surface area contributed by atoms with Crippen molar-refractivity contribution < 1.29 is 24.2 Å². The largest absolute Gasteiger partial charge is 0.466 e. The first-order valence-electron chi connectivity index (χ1n) is 9.95. The van der Waals surface area contributed by atoms with Gasteiger partial charge in [0.25, 0.3) is 0 Å². The summed E-state index contributed by atoms with van der Waals surface area (Å²) >= 11 is 0. The number of rotatable bonds is 5. The fraction of sp³-hybridized carbons (Fsp3) is 0.900. The van der Waals surface area contributed by atoms with Crippen LogP contribution in [0.5, 0.6) is 0 Å². The summed E-state index contributed by atoms with van der Waals surface area (Å²) in [5, 5.41) is 8.98. The molecule has 0 aliphatic heterocycles. The summed E-state index contributed by atoms with van der Waals surface area (Å²) in [5.41, 5.74) is 0. The Morgan fingerprint density at radius 3 is 1.84 bits per heavy atom. The predicted molar refractivity (Wildman–Crippen MR) is 90.2 cm³/mol. The average Bonchev–Trinajstić information content (AvgIpc) is 3.31. The van der Waals surface area contributed by atoms with Crippen LogP contribution in [0.15, 0.2) is 0 Å².